The molecule has 0 bridgehead atoms. The largest absolute Gasteiger partial charge is 0.287 e. The number of imidazole rings is 1. The summed E-state index contributed by atoms with van der Waals surface area (Å²) in [6.45, 7) is 11.6. The SMILES string of the molecule is CC(C)C1CC=C(n2cnc3c(Cl)ncnc32)[C@@]1(C)C(C)C. The Kier molecular flexibility index (Phi) is 3.76. The van der Waals surface area contributed by atoms with Crippen molar-refractivity contribution in [3.05, 3.63) is 23.9 Å². The third-order valence-electron chi connectivity index (χ3n) is 5.44. The van der Waals surface area contributed by atoms with E-state index < -0.39 is 0 Å². The Hall–Kier alpha value is -1.42. The van der Waals surface area contributed by atoms with Gasteiger partial charge in [-0.3, -0.25) is 4.57 Å². The van der Waals surface area contributed by atoms with E-state index in [2.05, 4.69) is 60.2 Å². The van der Waals surface area contributed by atoms with Crippen LogP contribution in [0.25, 0.3) is 16.9 Å². The van der Waals surface area contributed by atoms with Crippen LogP contribution in [0.3, 0.4) is 0 Å². The summed E-state index contributed by atoms with van der Waals surface area (Å²) in [5, 5.41) is 0.411. The zero-order valence-electron chi connectivity index (χ0n) is 13.8. The van der Waals surface area contributed by atoms with Gasteiger partial charge in [0, 0.05) is 11.1 Å². The summed E-state index contributed by atoms with van der Waals surface area (Å²) in [5.74, 6) is 1.79. The summed E-state index contributed by atoms with van der Waals surface area (Å²) in [5.41, 5.74) is 2.85. The van der Waals surface area contributed by atoms with Crippen LogP contribution in [0.1, 0.15) is 41.0 Å². The summed E-state index contributed by atoms with van der Waals surface area (Å²) >= 11 is 6.14. The van der Waals surface area contributed by atoms with E-state index in [-0.39, 0.29) is 5.41 Å². The van der Waals surface area contributed by atoms with Crippen LogP contribution >= 0.6 is 11.6 Å². The average molecular weight is 319 g/mol. The Morgan fingerprint density at radius 3 is 2.59 bits per heavy atom. The molecule has 2 heterocycles. The second-order valence-electron chi connectivity index (χ2n) is 7.06. The van der Waals surface area contributed by atoms with Crippen molar-refractivity contribution in [2.75, 3.05) is 0 Å². The molecule has 0 aliphatic heterocycles. The minimum atomic E-state index is 0.0965. The molecule has 2 aromatic heterocycles. The van der Waals surface area contributed by atoms with Crippen LogP contribution in [0.5, 0.6) is 0 Å². The number of aromatic nitrogens is 4. The van der Waals surface area contributed by atoms with Crippen molar-refractivity contribution in [1.82, 2.24) is 19.5 Å². The molecule has 0 fully saturated rings. The number of hydrogen-bond donors (Lipinski definition) is 0. The van der Waals surface area contributed by atoms with Crippen LogP contribution in [0.2, 0.25) is 5.15 Å². The molecule has 1 aliphatic carbocycles. The lowest BCUT2D eigenvalue weighted by atomic mass is 9.66. The number of allylic oxidation sites excluding steroid dienone is 2. The monoisotopic (exact) mass is 318 g/mol. The molecule has 118 valence electrons. The molecule has 5 heteroatoms. The minimum Gasteiger partial charge on any atom is -0.287 e. The third-order valence-corrected chi connectivity index (χ3v) is 5.72. The Morgan fingerprint density at radius 2 is 1.95 bits per heavy atom. The number of rotatable bonds is 3. The molecular formula is C17H23ClN4. The molecule has 0 spiro atoms. The summed E-state index contributed by atoms with van der Waals surface area (Å²) in [4.78, 5) is 12.8. The van der Waals surface area contributed by atoms with Crippen molar-refractivity contribution in [2.24, 2.45) is 23.2 Å². The molecular weight excluding hydrogens is 296 g/mol. The van der Waals surface area contributed by atoms with Gasteiger partial charge in [0.25, 0.3) is 0 Å². The van der Waals surface area contributed by atoms with Gasteiger partial charge in [0.15, 0.2) is 10.8 Å². The first-order chi connectivity index (χ1) is 10.4. The molecule has 3 rings (SSSR count). The molecule has 0 N–H and O–H groups in total. The summed E-state index contributed by atoms with van der Waals surface area (Å²) in [6, 6.07) is 0. The Balaban J connectivity index is 2.16. The van der Waals surface area contributed by atoms with Gasteiger partial charge in [-0.1, -0.05) is 52.3 Å². The predicted octanol–water partition coefficient (Wildman–Crippen LogP) is 4.66. The molecule has 4 nitrogen and oxygen atoms in total. The van der Waals surface area contributed by atoms with Gasteiger partial charge in [-0.05, 0) is 24.2 Å². The maximum absolute atomic E-state index is 6.14. The minimum absolute atomic E-state index is 0.0965. The van der Waals surface area contributed by atoms with Crippen molar-refractivity contribution in [2.45, 2.75) is 41.0 Å². The van der Waals surface area contributed by atoms with Crippen molar-refractivity contribution in [3.8, 4) is 0 Å². The predicted molar refractivity (Wildman–Crippen MR) is 90.5 cm³/mol. The molecule has 2 atom stereocenters. The fourth-order valence-electron chi connectivity index (χ4n) is 3.92. The Morgan fingerprint density at radius 1 is 1.23 bits per heavy atom. The number of hydrogen-bond acceptors (Lipinski definition) is 3. The maximum atomic E-state index is 6.14. The quantitative estimate of drug-likeness (QED) is 0.773. The highest BCUT2D eigenvalue weighted by atomic mass is 35.5. The normalized spacial score (nSPS) is 25.5. The molecule has 1 unspecified atom stereocenters. The molecule has 1 aliphatic rings. The van der Waals surface area contributed by atoms with E-state index in [1.54, 1.807) is 0 Å². The summed E-state index contributed by atoms with van der Waals surface area (Å²) in [6.07, 6.45) is 6.79. The van der Waals surface area contributed by atoms with E-state index in [1.807, 2.05) is 6.33 Å². The van der Waals surface area contributed by atoms with Gasteiger partial charge < -0.3 is 0 Å². The van der Waals surface area contributed by atoms with E-state index in [4.69, 9.17) is 11.6 Å². The van der Waals surface area contributed by atoms with Crippen LogP contribution in [0.4, 0.5) is 0 Å². The third kappa shape index (κ3) is 2.08. The molecule has 0 amide bonds. The lowest BCUT2D eigenvalue weighted by Gasteiger charge is -2.41. The van der Waals surface area contributed by atoms with Gasteiger partial charge in [-0.2, -0.15) is 0 Å². The standard InChI is InChI=1S/C17H23ClN4/c1-10(2)12-6-7-13(17(12,5)11(3)4)22-9-21-14-15(18)19-8-20-16(14)22/h7-12H,6H2,1-5H3/t12?,17-/m0/s1. The van der Waals surface area contributed by atoms with Gasteiger partial charge in [0.05, 0.1) is 0 Å². The highest BCUT2D eigenvalue weighted by Gasteiger charge is 2.46. The van der Waals surface area contributed by atoms with Crippen LogP contribution in [-0.4, -0.2) is 19.5 Å². The van der Waals surface area contributed by atoms with E-state index in [1.165, 1.54) is 12.0 Å². The molecule has 0 saturated carbocycles. The first kappa shape index (κ1) is 15.5. The zero-order valence-corrected chi connectivity index (χ0v) is 14.6. The molecule has 0 radical (unpaired) electrons. The Labute approximate surface area is 136 Å². The first-order valence-electron chi connectivity index (χ1n) is 7.92. The lowest BCUT2D eigenvalue weighted by Crippen LogP contribution is -2.35. The van der Waals surface area contributed by atoms with E-state index in [0.29, 0.717) is 28.4 Å². The first-order valence-corrected chi connectivity index (χ1v) is 8.29. The van der Waals surface area contributed by atoms with E-state index >= 15 is 0 Å². The van der Waals surface area contributed by atoms with Crippen molar-refractivity contribution in [1.29, 1.82) is 0 Å². The van der Waals surface area contributed by atoms with Crippen LogP contribution in [0.15, 0.2) is 18.7 Å². The average Bonchev–Trinajstić information content (AvgIpc) is 3.01. The fourth-order valence-corrected chi connectivity index (χ4v) is 4.10. The Bertz CT molecular complexity index is 731. The van der Waals surface area contributed by atoms with Gasteiger partial charge in [-0.25, -0.2) is 15.0 Å². The number of halogens is 1. The number of nitrogens with zero attached hydrogens (tertiary/aromatic N) is 4. The second-order valence-corrected chi connectivity index (χ2v) is 7.42. The topological polar surface area (TPSA) is 43.6 Å². The number of fused-ring (bicyclic) bond motifs is 1. The fraction of sp³-hybridized carbons (Fsp3) is 0.588. The highest BCUT2D eigenvalue weighted by Crippen LogP contribution is 2.54. The molecule has 22 heavy (non-hydrogen) atoms. The smallest absolute Gasteiger partial charge is 0.169 e. The molecule has 2 aromatic rings. The van der Waals surface area contributed by atoms with Gasteiger partial charge in [0.1, 0.15) is 18.2 Å². The molecule has 0 aromatic carbocycles. The molecule has 0 saturated heterocycles. The zero-order chi connectivity index (χ0) is 16.1. The van der Waals surface area contributed by atoms with Crippen LogP contribution < -0.4 is 0 Å². The van der Waals surface area contributed by atoms with Crippen molar-refractivity contribution in [3.63, 3.8) is 0 Å². The van der Waals surface area contributed by atoms with E-state index in [9.17, 15) is 0 Å². The highest BCUT2D eigenvalue weighted by molar-refractivity contribution is 6.33. The summed E-state index contributed by atoms with van der Waals surface area (Å²) < 4.78 is 2.10. The van der Waals surface area contributed by atoms with Crippen molar-refractivity contribution < 1.29 is 0 Å². The van der Waals surface area contributed by atoms with E-state index in [0.717, 1.165) is 12.1 Å². The summed E-state index contributed by atoms with van der Waals surface area (Å²) in [7, 11) is 0. The van der Waals surface area contributed by atoms with Gasteiger partial charge in [0.2, 0.25) is 0 Å². The lowest BCUT2D eigenvalue weighted by molar-refractivity contribution is 0.153. The van der Waals surface area contributed by atoms with Crippen molar-refractivity contribution >= 4 is 28.5 Å². The van der Waals surface area contributed by atoms with Crippen LogP contribution in [0, 0.1) is 23.2 Å². The van der Waals surface area contributed by atoms with Gasteiger partial charge >= 0.3 is 0 Å². The van der Waals surface area contributed by atoms with Gasteiger partial charge in [-0.15, -0.1) is 0 Å². The maximum Gasteiger partial charge on any atom is 0.169 e. The van der Waals surface area contributed by atoms with Crippen LogP contribution in [-0.2, 0) is 0 Å². The second kappa shape index (κ2) is 5.34.